The topological polar surface area (TPSA) is 58.2 Å². The standard InChI is InChI=1S/C19H27BrN2O2S/c1-13-7-9-14(10-8-13)21-19(24)17(11-12-25-2)22-18(23)15-5-3-4-6-16(15)20/h3-6,13-14,17H,7-12H2,1-2H3,(H,21,24)(H,22,23). The molecular formula is C19H27BrN2O2S. The van der Waals surface area contributed by atoms with Crippen LogP contribution in [0.2, 0.25) is 0 Å². The van der Waals surface area contributed by atoms with Crippen molar-refractivity contribution in [3.8, 4) is 0 Å². The molecule has 138 valence electrons. The Labute approximate surface area is 163 Å². The van der Waals surface area contributed by atoms with Gasteiger partial charge in [0.2, 0.25) is 5.91 Å². The van der Waals surface area contributed by atoms with Crippen molar-refractivity contribution in [2.45, 2.75) is 51.1 Å². The first-order chi connectivity index (χ1) is 12.0. The maximum absolute atomic E-state index is 12.7. The molecule has 0 heterocycles. The third-order valence-electron chi connectivity index (χ3n) is 4.71. The fourth-order valence-corrected chi connectivity index (χ4v) is 4.03. The summed E-state index contributed by atoms with van der Waals surface area (Å²) in [6.07, 6.45) is 7.01. The lowest BCUT2D eigenvalue weighted by Crippen LogP contribution is -2.50. The van der Waals surface area contributed by atoms with E-state index in [-0.39, 0.29) is 17.9 Å². The number of carbonyl (C=O) groups is 2. The Hall–Kier alpha value is -1.01. The van der Waals surface area contributed by atoms with Crippen molar-refractivity contribution in [2.75, 3.05) is 12.0 Å². The molecule has 1 fully saturated rings. The maximum atomic E-state index is 12.7. The minimum Gasteiger partial charge on any atom is -0.352 e. The van der Waals surface area contributed by atoms with Crippen molar-refractivity contribution in [3.05, 3.63) is 34.3 Å². The summed E-state index contributed by atoms with van der Waals surface area (Å²) in [5, 5.41) is 6.06. The Kier molecular flexibility index (Phi) is 8.30. The summed E-state index contributed by atoms with van der Waals surface area (Å²) in [5.41, 5.74) is 0.552. The Morgan fingerprint density at radius 1 is 1.24 bits per heavy atom. The molecule has 0 radical (unpaired) electrons. The lowest BCUT2D eigenvalue weighted by molar-refractivity contribution is -0.124. The first-order valence-corrected chi connectivity index (χ1v) is 11.0. The summed E-state index contributed by atoms with van der Waals surface area (Å²) in [5.74, 6) is 1.30. The number of nitrogens with one attached hydrogen (secondary N) is 2. The van der Waals surface area contributed by atoms with Crippen LogP contribution in [-0.2, 0) is 4.79 Å². The summed E-state index contributed by atoms with van der Waals surface area (Å²) in [4.78, 5) is 25.3. The van der Waals surface area contributed by atoms with E-state index in [0.29, 0.717) is 12.0 Å². The Morgan fingerprint density at radius 2 is 1.92 bits per heavy atom. The van der Waals surface area contributed by atoms with Gasteiger partial charge in [0, 0.05) is 10.5 Å². The highest BCUT2D eigenvalue weighted by molar-refractivity contribution is 9.10. The number of hydrogen-bond donors (Lipinski definition) is 2. The first-order valence-electron chi connectivity index (χ1n) is 8.86. The quantitative estimate of drug-likeness (QED) is 0.692. The van der Waals surface area contributed by atoms with E-state index < -0.39 is 6.04 Å². The fourth-order valence-electron chi connectivity index (χ4n) is 3.09. The molecule has 1 aromatic carbocycles. The van der Waals surface area contributed by atoms with Gasteiger partial charge in [0.25, 0.3) is 5.91 Å². The Balaban J connectivity index is 1.98. The molecule has 0 aromatic heterocycles. The fraction of sp³-hybridized carbons (Fsp3) is 0.579. The van der Waals surface area contributed by atoms with Crippen LogP contribution in [0, 0.1) is 5.92 Å². The Bertz CT molecular complexity index is 589. The van der Waals surface area contributed by atoms with Crippen LogP contribution in [0.1, 0.15) is 49.4 Å². The van der Waals surface area contributed by atoms with Crippen LogP contribution in [0.4, 0.5) is 0 Å². The molecule has 1 atom stereocenters. The van der Waals surface area contributed by atoms with E-state index in [0.717, 1.165) is 41.8 Å². The van der Waals surface area contributed by atoms with Gasteiger partial charge in [0.05, 0.1) is 5.56 Å². The minimum absolute atomic E-state index is 0.0611. The smallest absolute Gasteiger partial charge is 0.253 e. The van der Waals surface area contributed by atoms with Crippen LogP contribution in [0.15, 0.2) is 28.7 Å². The third-order valence-corrected chi connectivity index (χ3v) is 6.05. The molecule has 0 bridgehead atoms. The van der Waals surface area contributed by atoms with Gasteiger partial charge < -0.3 is 10.6 Å². The average molecular weight is 427 g/mol. The highest BCUT2D eigenvalue weighted by Crippen LogP contribution is 2.23. The van der Waals surface area contributed by atoms with E-state index >= 15 is 0 Å². The summed E-state index contributed by atoms with van der Waals surface area (Å²) in [6.45, 7) is 2.26. The number of halogens is 1. The van der Waals surface area contributed by atoms with E-state index in [2.05, 4.69) is 33.5 Å². The molecule has 2 rings (SSSR count). The largest absolute Gasteiger partial charge is 0.352 e. The predicted octanol–water partition coefficient (Wildman–Crippen LogP) is 4.00. The molecule has 0 saturated heterocycles. The van der Waals surface area contributed by atoms with Crippen molar-refractivity contribution in [1.29, 1.82) is 0 Å². The molecule has 1 aromatic rings. The number of amides is 2. The van der Waals surface area contributed by atoms with Crippen LogP contribution in [0.25, 0.3) is 0 Å². The lowest BCUT2D eigenvalue weighted by atomic mass is 9.87. The maximum Gasteiger partial charge on any atom is 0.253 e. The zero-order valence-electron chi connectivity index (χ0n) is 14.9. The molecule has 4 nitrogen and oxygen atoms in total. The average Bonchev–Trinajstić information content (AvgIpc) is 2.60. The Morgan fingerprint density at radius 3 is 2.56 bits per heavy atom. The van der Waals surface area contributed by atoms with Gasteiger partial charge in [-0.1, -0.05) is 19.1 Å². The van der Waals surface area contributed by atoms with Gasteiger partial charge in [0.15, 0.2) is 0 Å². The summed E-state index contributed by atoms with van der Waals surface area (Å²) >= 11 is 5.08. The van der Waals surface area contributed by atoms with E-state index in [4.69, 9.17) is 0 Å². The second-order valence-electron chi connectivity index (χ2n) is 6.75. The summed E-state index contributed by atoms with van der Waals surface area (Å²) < 4.78 is 0.734. The number of hydrogen-bond acceptors (Lipinski definition) is 3. The van der Waals surface area contributed by atoms with E-state index in [1.54, 1.807) is 17.8 Å². The molecular weight excluding hydrogens is 400 g/mol. The highest BCUT2D eigenvalue weighted by atomic mass is 79.9. The molecule has 1 unspecified atom stereocenters. The van der Waals surface area contributed by atoms with Gasteiger partial charge in [-0.2, -0.15) is 11.8 Å². The monoisotopic (exact) mass is 426 g/mol. The number of carbonyl (C=O) groups excluding carboxylic acids is 2. The molecule has 2 amide bonds. The molecule has 1 aliphatic carbocycles. The molecule has 25 heavy (non-hydrogen) atoms. The third kappa shape index (κ3) is 6.33. The number of benzene rings is 1. The zero-order valence-corrected chi connectivity index (χ0v) is 17.3. The van der Waals surface area contributed by atoms with Gasteiger partial charge in [-0.3, -0.25) is 9.59 Å². The molecule has 2 N–H and O–H groups in total. The van der Waals surface area contributed by atoms with Crippen molar-refractivity contribution >= 4 is 39.5 Å². The van der Waals surface area contributed by atoms with E-state index in [1.807, 2.05) is 24.5 Å². The van der Waals surface area contributed by atoms with Crippen LogP contribution in [0.3, 0.4) is 0 Å². The molecule has 1 saturated carbocycles. The van der Waals surface area contributed by atoms with E-state index in [9.17, 15) is 9.59 Å². The molecule has 0 spiro atoms. The van der Waals surface area contributed by atoms with Crippen molar-refractivity contribution in [2.24, 2.45) is 5.92 Å². The zero-order chi connectivity index (χ0) is 18.2. The second-order valence-corrected chi connectivity index (χ2v) is 8.59. The van der Waals surface area contributed by atoms with Crippen molar-refractivity contribution in [1.82, 2.24) is 10.6 Å². The van der Waals surface area contributed by atoms with Crippen molar-refractivity contribution < 1.29 is 9.59 Å². The van der Waals surface area contributed by atoms with Crippen LogP contribution in [0.5, 0.6) is 0 Å². The van der Waals surface area contributed by atoms with E-state index in [1.165, 1.54) is 0 Å². The van der Waals surface area contributed by atoms with Crippen molar-refractivity contribution in [3.63, 3.8) is 0 Å². The van der Waals surface area contributed by atoms with Gasteiger partial charge in [-0.05, 0) is 78.1 Å². The molecule has 0 aliphatic heterocycles. The van der Waals surface area contributed by atoms with Gasteiger partial charge in [-0.25, -0.2) is 0 Å². The lowest BCUT2D eigenvalue weighted by Gasteiger charge is -2.28. The van der Waals surface area contributed by atoms with Crippen LogP contribution >= 0.6 is 27.7 Å². The van der Waals surface area contributed by atoms with Crippen LogP contribution < -0.4 is 10.6 Å². The first kappa shape index (κ1) is 20.3. The summed E-state index contributed by atoms with van der Waals surface area (Å²) in [7, 11) is 0. The predicted molar refractivity (Wildman–Crippen MR) is 108 cm³/mol. The highest BCUT2D eigenvalue weighted by Gasteiger charge is 2.26. The number of thioether (sulfide) groups is 1. The minimum atomic E-state index is -0.494. The molecule has 6 heteroatoms. The second kappa shape index (κ2) is 10.2. The summed E-state index contributed by atoms with van der Waals surface area (Å²) in [6, 6.07) is 7.01. The molecule has 1 aliphatic rings. The SMILES string of the molecule is CSCCC(NC(=O)c1ccccc1Br)C(=O)NC1CCC(C)CC1. The van der Waals surface area contributed by atoms with Gasteiger partial charge in [-0.15, -0.1) is 0 Å². The number of rotatable bonds is 7. The van der Waals surface area contributed by atoms with Gasteiger partial charge >= 0.3 is 0 Å². The van der Waals surface area contributed by atoms with Crippen LogP contribution in [-0.4, -0.2) is 35.9 Å². The van der Waals surface area contributed by atoms with Gasteiger partial charge in [0.1, 0.15) is 6.04 Å². The normalized spacial score (nSPS) is 21.4.